The summed E-state index contributed by atoms with van der Waals surface area (Å²) in [6.45, 7) is 0.954. The first-order chi connectivity index (χ1) is 12.3. The number of nitrogen functional groups attached to an aromatic ring is 1. The van der Waals surface area contributed by atoms with Crippen molar-refractivity contribution in [2.45, 2.75) is 25.8 Å². The minimum absolute atomic E-state index is 0.00597. The van der Waals surface area contributed by atoms with Gasteiger partial charge in [-0.3, -0.25) is 33.8 Å². The lowest BCUT2D eigenvalue weighted by Gasteiger charge is -2.34. The number of fused-ring (bicyclic) bond motifs is 1. The molecule has 9 nitrogen and oxygen atoms in total. The predicted octanol–water partition coefficient (Wildman–Crippen LogP) is -0.0545. The highest BCUT2D eigenvalue weighted by molar-refractivity contribution is 6.23. The molecule has 1 fully saturated rings. The molecular weight excluding hydrogens is 342 g/mol. The quantitative estimate of drug-likeness (QED) is 0.453. The van der Waals surface area contributed by atoms with Crippen LogP contribution >= 0.6 is 0 Å². The monoisotopic (exact) mass is 359 g/mol. The summed E-state index contributed by atoms with van der Waals surface area (Å²) in [5, 5.41) is 0. The van der Waals surface area contributed by atoms with Gasteiger partial charge in [0.1, 0.15) is 12.6 Å². The summed E-state index contributed by atoms with van der Waals surface area (Å²) >= 11 is 0. The molecule has 136 valence electrons. The molecular formula is C17H17N3O6. The number of carbonyl (C=O) groups is 5. The van der Waals surface area contributed by atoms with E-state index >= 15 is 0 Å². The molecule has 2 aliphatic rings. The molecule has 9 heteroatoms. The van der Waals surface area contributed by atoms with Crippen LogP contribution in [0.2, 0.25) is 0 Å². The Labute approximate surface area is 148 Å². The molecule has 1 unspecified atom stereocenters. The molecule has 0 radical (unpaired) electrons. The summed E-state index contributed by atoms with van der Waals surface area (Å²) in [7, 11) is 0. The van der Waals surface area contributed by atoms with Crippen molar-refractivity contribution in [1.29, 1.82) is 0 Å². The highest BCUT2D eigenvalue weighted by Crippen LogP contribution is 2.30. The summed E-state index contributed by atoms with van der Waals surface area (Å²) in [6.07, 6.45) is 0.0642. The predicted molar refractivity (Wildman–Crippen MR) is 87.7 cm³/mol. The van der Waals surface area contributed by atoms with E-state index in [1.807, 2.05) is 0 Å². The fourth-order valence-corrected chi connectivity index (χ4v) is 3.14. The van der Waals surface area contributed by atoms with Gasteiger partial charge in [-0.15, -0.1) is 0 Å². The largest absolute Gasteiger partial charge is 0.464 e. The summed E-state index contributed by atoms with van der Waals surface area (Å²) in [5.41, 5.74) is 6.32. The van der Waals surface area contributed by atoms with Gasteiger partial charge in [-0.2, -0.15) is 0 Å². The molecule has 0 aliphatic carbocycles. The number of piperidine rings is 1. The summed E-state index contributed by atoms with van der Waals surface area (Å²) in [4.78, 5) is 62.6. The van der Waals surface area contributed by atoms with Crippen LogP contribution in [0.5, 0.6) is 0 Å². The van der Waals surface area contributed by atoms with E-state index < -0.39 is 35.6 Å². The number of benzene rings is 1. The minimum atomic E-state index is -1.07. The zero-order valence-electron chi connectivity index (χ0n) is 14.1. The number of carbonyl (C=O) groups excluding carboxylic acids is 5. The van der Waals surface area contributed by atoms with Crippen molar-refractivity contribution in [3.05, 3.63) is 29.3 Å². The smallest absolute Gasteiger partial charge is 0.302 e. The van der Waals surface area contributed by atoms with Gasteiger partial charge >= 0.3 is 5.97 Å². The van der Waals surface area contributed by atoms with Crippen molar-refractivity contribution in [1.82, 2.24) is 9.80 Å². The van der Waals surface area contributed by atoms with Crippen molar-refractivity contribution in [3.63, 3.8) is 0 Å². The fraction of sp³-hybridized carbons (Fsp3) is 0.353. The first-order valence-corrected chi connectivity index (χ1v) is 8.06. The van der Waals surface area contributed by atoms with Gasteiger partial charge < -0.3 is 10.5 Å². The zero-order valence-corrected chi connectivity index (χ0v) is 14.1. The highest BCUT2D eigenvalue weighted by Gasteiger charge is 2.46. The molecule has 26 heavy (non-hydrogen) atoms. The van der Waals surface area contributed by atoms with Gasteiger partial charge in [0, 0.05) is 19.0 Å². The van der Waals surface area contributed by atoms with E-state index in [0.717, 1.165) is 9.80 Å². The van der Waals surface area contributed by atoms with Crippen LogP contribution in [0.3, 0.4) is 0 Å². The first-order valence-electron chi connectivity index (χ1n) is 8.06. The third-order valence-corrected chi connectivity index (χ3v) is 4.36. The van der Waals surface area contributed by atoms with Crippen LogP contribution in [0.15, 0.2) is 18.2 Å². The van der Waals surface area contributed by atoms with E-state index in [1.165, 1.54) is 25.1 Å². The molecule has 1 aromatic carbocycles. The molecule has 0 saturated carbocycles. The number of nitrogens with two attached hydrogens (primary N) is 1. The molecule has 1 saturated heterocycles. The van der Waals surface area contributed by atoms with Gasteiger partial charge in [0.05, 0.1) is 17.7 Å². The van der Waals surface area contributed by atoms with Gasteiger partial charge in [-0.1, -0.05) is 0 Å². The molecule has 3 rings (SSSR count). The van der Waals surface area contributed by atoms with Gasteiger partial charge in [0.2, 0.25) is 5.91 Å². The van der Waals surface area contributed by atoms with Crippen molar-refractivity contribution in [2.75, 3.05) is 18.9 Å². The third-order valence-electron chi connectivity index (χ3n) is 4.36. The van der Waals surface area contributed by atoms with Crippen LogP contribution in [-0.4, -0.2) is 58.6 Å². The number of imide groups is 2. The lowest BCUT2D eigenvalue weighted by Crippen LogP contribution is -2.56. The van der Waals surface area contributed by atoms with Gasteiger partial charge in [0.15, 0.2) is 0 Å². The molecule has 0 aromatic heterocycles. The number of hydrogen-bond acceptors (Lipinski definition) is 7. The second-order valence-electron chi connectivity index (χ2n) is 6.06. The van der Waals surface area contributed by atoms with Crippen molar-refractivity contribution < 1.29 is 28.7 Å². The second kappa shape index (κ2) is 6.58. The Morgan fingerprint density at radius 1 is 1.19 bits per heavy atom. The molecule has 4 amide bonds. The van der Waals surface area contributed by atoms with Gasteiger partial charge in [-0.05, 0) is 24.6 Å². The Bertz CT molecular complexity index is 834. The average molecular weight is 359 g/mol. The van der Waals surface area contributed by atoms with E-state index in [0.29, 0.717) is 5.69 Å². The van der Waals surface area contributed by atoms with Crippen LogP contribution in [0.25, 0.3) is 0 Å². The molecule has 1 atom stereocenters. The van der Waals surface area contributed by atoms with Crippen molar-refractivity contribution >= 4 is 35.3 Å². The Morgan fingerprint density at radius 2 is 1.88 bits per heavy atom. The highest BCUT2D eigenvalue weighted by atomic mass is 16.5. The lowest BCUT2D eigenvalue weighted by atomic mass is 10.0. The fourth-order valence-electron chi connectivity index (χ4n) is 3.14. The Kier molecular flexibility index (Phi) is 4.45. The Balaban J connectivity index is 1.82. The van der Waals surface area contributed by atoms with E-state index in [2.05, 4.69) is 0 Å². The lowest BCUT2D eigenvalue weighted by molar-refractivity contribution is -0.155. The van der Waals surface area contributed by atoms with Crippen molar-refractivity contribution in [2.24, 2.45) is 0 Å². The molecule has 2 heterocycles. The number of likely N-dealkylation sites (tertiary alicyclic amines) is 1. The molecule has 0 bridgehead atoms. The standard InChI is InChI=1S/C17H17N3O6/c1-9(21)26-7-6-19-14(22)5-4-13(17(19)25)20-15(23)11-3-2-10(18)8-12(11)16(20)24/h2-3,8,13H,4-7,18H2,1H3. The third kappa shape index (κ3) is 2.92. The maximum absolute atomic E-state index is 12.7. The van der Waals surface area contributed by atoms with Crippen molar-refractivity contribution in [3.8, 4) is 0 Å². The van der Waals surface area contributed by atoms with Crippen LogP contribution in [0.4, 0.5) is 5.69 Å². The number of amides is 4. The average Bonchev–Trinajstić information content (AvgIpc) is 2.82. The van der Waals surface area contributed by atoms with Gasteiger partial charge in [0.25, 0.3) is 17.7 Å². The summed E-state index contributed by atoms with van der Waals surface area (Å²) in [5.74, 6) is -2.81. The number of hydrogen-bond donors (Lipinski definition) is 1. The Morgan fingerprint density at radius 3 is 2.58 bits per heavy atom. The molecule has 0 spiro atoms. The Hall–Kier alpha value is -3.23. The number of ether oxygens (including phenoxy) is 1. The number of esters is 1. The number of rotatable bonds is 4. The normalized spacial score (nSPS) is 19.8. The summed E-state index contributed by atoms with van der Waals surface area (Å²) in [6, 6.07) is 3.28. The minimum Gasteiger partial charge on any atom is -0.464 e. The molecule has 2 N–H and O–H groups in total. The molecule has 2 aliphatic heterocycles. The van der Waals surface area contributed by atoms with E-state index in [4.69, 9.17) is 10.5 Å². The van der Waals surface area contributed by atoms with E-state index in [9.17, 15) is 24.0 Å². The number of nitrogens with zero attached hydrogens (tertiary/aromatic N) is 2. The van der Waals surface area contributed by atoms with Crippen LogP contribution in [0, 0.1) is 0 Å². The van der Waals surface area contributed by atoms with E-state index in [1.54, 1.807) is 0 Å². The SMILES string of the molecule is CC(=O)OCCN1C(=O)CCC(N2C(=O)c3ccc(N)cc3C2=O)C1=O. The van der Waals surface area contributed by atoms with E-state index in [-0.39, 0.29) is 37.1 Å². The van der Waals surface area contributed by atoms with Crippen LogP contribution in [0.1, 0.15) is 40.5 Å². The maximum atomic E-state index is 12.7. The topological polar surface area (TPSA) is 127 Å². The first kappa shape index (κ1) is 17.6. The zero-order chi connectivity index (χ0) is 19.0. The number of anilines is 1. The van der Waals surface area contributed by atoms with Crippen LogP contribution in [-0.2, 0) is 19.1 Å². The molecule has 1 aromatic rings. The van der Waals surface area contributed by atoms with Crippen LogP contribution < -0.4 is 5.73 Å². The van der Waals surface area contributed by atoms with Gasteiger partial charge in [-0.25, -0.2) is 0 Å². The summed E-state index contributed by atoms with van der Waals surface area (Å²) < 4.78 is 4.76. The maximum Gasteiger partial charge on any atom is 0.302 e. The second-order valence-corrected chi connectivity index (χ2v) is 6.06.